The maximum absolute atomic E-state index is 12.4. The molecule has 9 heteroatoms. The van der Waals surface area contributed by atoms with Crippen LogP contribution in [-0.2, 0) is 23.8 Å². The minimum atomic E-state index is -1.48. The van der Waals surface area contributed by atoms with E-state index < -0.39 is 47.8 Å². The van der Waals surface area contributed by atoms with Gasteiger partial charge in [0, 0.05) is 6.42 Å². The van der Waals surface area contributed by atoms with Crippen molar-refractivity contribution in [2.45, 2.75) is 71.6 Å². The fourth-order valence-corrected chi connectivity index (χ4v) is 1.70. The first-order valence-electron chi connectivity index (χ1n) is 7.72. The van der Waals surface area contributed by atoms with E-state index in [1.54, 1.807) is 41.5 Å². The Hall–Kier alpha value is -2.32. The van der Waals surface area contributed by atoms with Crippen molar-refractivity contribution in [3.05, 3.63) is 0 Å². The number of carbonyl (C=O) groups is 4. The van der Waals surface area contributed by atoms with Crippen LogP contribution in [0.4, 0.5) is 9.59 Å². The zero-order chi connectivity index (χ0) is 20.0. The van der Waals surface area contributed by atoms with E-state index in [4.69, 9.17) is 14.6 Å². The van der Waals surface area contributed by atoms with E-state index in [0.29, 0.717) is 4.90 Å². The van der Waals surface area contributed by atoms with E-state index in [-0.39, 0.29) is 6.42 Å². The van der Waals surface area contributed by atoms with Crippen LogP contribution >= 0.6 is 0 Å². The van der Waals surface area contributed by atoms with Gasteiger partial charge >= 0.3 is 24.1 Å². The van der Waals surface area contributed by atoms with E-state index in [1.165, 1.54) is 0 Å². The van der Waals surface area contributed by atoms with Crippen molar-refractivity contribution < 1.29 is 38.5 Å². The molecule has 0 rings (SSSR count). The number of carbonyl (C=O) groups excluding carboxylic acids is 3. The number of amides is 2. The van der Waals surface area contributed by atoms with Crippen LogP contribution in [0.3, 0.4) is 0 Å². The lowest BCUT2D eigenvalue weighted by atomic mass is 10.1. The Morgan fingerprint density at radius 2 is 1.32 bits per heavy atom. The zero-order valence-corrected chi connectivity index (χ0v) is 15.7. The largest absolute Gasteiger partial charge is 0.481 e. The quantitative estimate of drug-likeness (QED) is 0.586. The van der Waals surface area contributed by atoms with Crippen LogP contribution in [0.5, 0.6) is 0 Å². The molecular weight excluding hydrogens is 334 g/mol. The topological polar surface area (TPSA) is 119 Å². The second-order valence-corrected chi connectivity index (χ2v) is 7.30. The number of imide groups is 1. The van der Waals surface area contributed by atoms with Crippen LogP contribution in [0, 0.1) is 0 Å². The van der Waals surface area contributed by atoms with Crippen molar-refractivity contribution in [2.75, 3.05) is 7.11 Å². The Labute approximate surface area is 147 Å². The third kappa shape index (κ3) is 8.92. The third-order valence-corrected chi connectivity index (χ3v) is 2.60. The number of esters is 1. The Balaban J connectivity index is 5.75. The summed E-state index contributed by atoms with van der Waals surface area (Å²) in [7, 11) is 1.07. The zero-order valence-electron chi connectivity index (χ0n) is 15.7. The summed E-state index contributed by atoms with van der Waals surface area (Å²) in [6, 6.07) is -1.48. The average Bonchev–Trinajstić information content (AvgIpc) is 2.37. The number of rotatable bonds is 5. The minimum Gasteiger partial charge on any atom is -0.481 e. The first-order chi connectivity index (χ1) is 11.2. The molecule has 0 aromatic rings. The van der Waals surface area contributed by atoms with Crippen LogP contribution < -0.4 is 0 Å². The highest BCUT2D eigenvalue weighted by Gasteiger charge is 2.40. The van der Waals surface area contributed by atoms with Gasteiger partial charge < -0.3 is 19.3 Å². The molecule has 0 aliphatic rings. The highest BCUT2D eigenvalue weighted by molar-refractivity contribution is 5.94. The molecule has 0 aliphatic heterocycles. The number of nitrogens with zero attached hydrogens (tertiary/aromatic N) is 1. The molecule has 0 aromatic heterocycles. The Morgan fingerprint density at radius 1 is 0.920 bits per heavy atom. The van der Waals surface area contributed by atoms with Gasteiger partial charge in [-0.25, -0.2) is 14.4 Å². The lowest BCUT2D eigenvalue weighted by Gasteiger charge is -2.32. The maximum Gasteiger partial charge on any atom is 0.420 e. The van der Waals surface area contributed by atoms with Crippen LogP contribution in [0.1, 0.15) is 54.4 Å². The fourth-order valence-electron chi connectivity index (χ4n) is 1.70. The molecule has 0 aliphatic carbocycles. The molecule has 0 radical (unpaired) electrons. The summed E-state index contributed by atoms with van der Waals surface area (Å²) in [6.45, 7) is 9.52. The molecule has 144 valence electrons. The van der Waals surface area contributed by atoms with Crippen LogP contribution in [0.2, 0.25) is 0 Å². The van der Waals surface area contributed by atoms with Gasteiger partial charge in [-0.2, -0.15) is 4.90 Å². The fraction of sp³-hybridized carbons (Fsp3) is 0.750. The molecule has 2 amide bonds. The van der Waals surface area contributed by atoms with Gasteiger partial charge in [0.15, 0.2) is 0 Å². The van der Waals surface area contributed by atoms with E-state index in [2.05, 4.69) is 4.74 Å². The lowest BCUT2D eigenvalue weighted by molar-refractivity contribution is -0.147. The Kier molecular flexibility index (Phi) is 7.88. The van der Waals surface area contributed by atoms with Gasteiger partial charge in [-0.15, -0.1) is 0 Å². The highest BCUT2D eigenvalue weighted by atomic mass is 16.6. The molecule has 0 aromatic carbocycles. The second-order valence-electron chi connectivity index (χ2n) is 7.30. The van der Waals surface area contributed by atoms with Gasteiger partial charge in [0.25, 0.3) is 0 Å². The molecule has 9 nitrogen and oxygen atoms in total. The number of hydrogen-bond acceptors (Lipinski definition) is 7. The van der Waals surface area contributed by atoms with E-state index in [0.717, 1.165) is 7.11 Å². The molecule has 0 saturated carbocycles. The molecule has 0 fully saturated rings. The second kappa shape index (κ2) is 8.68. The van der Waals surface area contributed by atoms with Crippen LogP contribution in [-0.4, -0.2) is 58.5 Å². The molecule has 0 bridgehead atoms. The first kappa shape index (κ1) is 22.7. The van der Waals surface area contributed by atoms with Gasteiger partial charge in [-0.05, 0) is 48.0 Å². The van der Waals surface area contributed by atoms with Crippen molar-refractivity contribution in [3.8, 4) is 0 Å². The predicted molar refractivity (Wildman–Crippen MR) is 87.0 cm³/mol. The number of methoxy groups -OCH3 is 1. The van der Waals surface area contributed by atoms with Crippen molar-refractivity contribution in [1.82, 2.24) is 4.90 Å². The molecule has 25 heavy (non-hydrogen) atoms. The molecule has 1 atom stereocenters. The normalized spacial score (nSPS) is 12.8. The minimum absolute atomic E-state index is 0.333. The van der Waals surface area contributed by atoms with Crippen LogP contribution in [0.15, 0.2) is 0 Å². The lowest BCUT2D eigenvalue weighted by Crippen LogP contribution is -2.52. The molecule has 0 saturated heterocycles. The maximum atomic E-state index is 12.4. The predicted octanol–water partition coefficient (Wildman–Crippen LogP) is 2.57. The smallest absolute Gasteiger partial charge is 0.420 e. The highest BCUT2D eigenvalue weighted by Crippen LogP contribution is 2.19. The van der Waals surface area contributed by atoms with E-state index in [9.17, 15) is 19.2 Å². The van der Waals surface area contributed by atoms with Gasteiger partial charge in [-0.1, -0.05) is 0 Å². The Bertz CT molecular complexity index is 487. The van der Waals surface area contributed by atoms with Gasteiger partial charge in [0.2, 0.25) is 0 Å². The van der Waals surface area contributed by atoms with Gasteiger partial charge in [-0.3, -0.25) is 4.79 Å². The molecule has 0 unspecified atom stereocenters. The number of ether oxygens (including phenoxy) is 3. The summed E-state index contributed by atoms with van der Waals surface area (Å²) >= 11 is 0. The summed E-state index contributed by atoms with van der Waals surface area (Å²) in [5, 5.41) is 8.85. The number of carboxylic acids is 1. The molecule has 1 N–H and O–H groups in total. The summed E-state index contributed by atoms with van der Waals surface area (Å²) < 4.78 is 14.9. The molecule has 0 heterocycles. The molecular formula is C16H27NO8. The SMILES string of the molecule is COC(=O)[C@@H](CCC(=O)O)N(C(=O)OC(C)(C)C)C(=O)OC(C)(C)C. The third-order valence-electron chi connectivity index (χ3n) is 2.60. The van der Waals surface area contributed by atoms with E-state index in [1.807, 2.05) is 0 Å². The monoisotopic (exact) mass is 361 g/mol. The van der Waals surface area contributed by atoms with Gasteiger partial charge in [0.05, 0.1) is 7.11 Å². The van der Waals surface area contributed by atoms with Crippen molar-refractivity contribution in [3.63, 3.8) is 0 Å². The van der Waals surface area contributed by atoms with Crippen molar-refractivity contribution in [2.24, 2.45) is 0 Å². The van der Waals surface area contributed by atoms with Crippen molar-refractivity contribution in [1.29, 1.82) is 0 Å². The summed E-state index contributed by atoms with van der Waals surface area (Å²) in [4.78, 5) is 48.2. The standard InChI is InChI=1S/C16H27NO8/c1-15(2,3)24-13(21)17(14(22)25-16(4,5)6)10(12(20)23-7)8-9-11(18)19/h10H,8-9H2,1-7H3,(H,18,19)/t10-/m1/s1. The van der Waals surface area contributed by atoms with Crippen molar-refractivity contribution >= 4 is 24.1 Å². The molecule has 0 spiro atoms. The van der Waals surface area contributed by atoms with Crippen LogP contribution in [0.25, 0.3) is 0 Å². The summed E-state index contributed by atoms with van der Waals surface area (Å²) in [6.07, 6.45) is -3.03. The Morgan fingerprint density at radius 3 is 1.60 bits per heavy atom. The summed E-state index contributed by atoms with van der Waals surface area (Å²) in [5.41, 5.74) is -1.88. The number of carboxylic acid groups (broad SMARTS) is 1. The number of aliphatic carboxylic acids is 1. The summed E-state index contributed by atoms with van der Waals surface area (Å²) in [5.74, 6) is -2.14. The first-order valence-corrected chi connectivity index (χ1v) is 7.72. The average molecular weight is 361 g/mol. The number of hydrogen-bond donors (Lipinski definition) is 1. The van der Waals surface area contributed by atoms with E-state index >= 15 is 0 Å². The van der Waals surface area contributed by atoms with Gasteiger partial charge in [0.1, 0.15) is 17.2 Å².